The molecule has 0 unspecified atom stereocenters. The summed E-state index contributed by atoms with van der Waals surface area (Å²) in [6, 6.07) is 16.5. The van der Waals surface area contributed by atoms with E-state index in [4.69, 9.17) is 0 Å². The second-order valence-electron chi connectivity index (χ2n) is 6.78. The monoisotopic (exact) mass is 396 g/mol. The van der Waals surface area contributed by atoms with Crippen molar-refractivity contribution < 1.29 is 14.4 Å². The van der Waals surface area contributed by atoms with Crippen LogP contribution in [0.2, 0.25) is 0 Å². The highest BCUT2D eigenvalue weighted by atomic mass is 16.2. The van der Waals surface area contributed by atoms with Crippen LogP contribution in [0, 0.1) is 0 Å². The molecule has 0 fully saturated rings. The van der Waals surface area contributed by atoms with E-state index in [2.05, 4.69) is 16.0 Å². The minimum atomic E-state index is -0.292. The van der Waals surface area contributed by atoms with Crippen molar-refractivity contribution in [2.24, 2.45) is 0 Å². The average molecular weight is 396 g/mol. The van der Waals surface area contributed by atoms with Crippen molar-refractivity contribution >= 4 is 23.4 Å². The van der Waals surface area contributed by atoms with Gasteiger partial charge in [-0.2, -0.15) is 0 Å². The number of nitrogens with zero attached hydrogens (tertiary/aromatic N) is 1. The molecule has 0 heterocycles. The maximum absolute atomic E-state index is 12.6. The summed E-state index contributed by atoms with van der Waals surface area (Å²) in [4.78, 5) is 38.3. The van der Waals surface area contributed by atoms with E-state index < -0.39 is 0 Å². The Kier molecular flexibility index (Phi) is 8.85. The maximum Gasteiger partial charge on any atom is 0.253 e. The van der Waals surface area contributed by atoms with Crippen LogP contribution in [0.5, 0.6) is 0 Å². The second kappa shape index (κ2) is 11.6. The zero-order valence-electron chi connectivity index (χ0n) is 16.9. The van der Waals surface area contributed by atoms with Crippen LogP contribution in [0.15, 0.2) is 54.6 Å². The van der Waals surface area contributed by atoms with Gasteiger partial charge in [-0.05, 0) is 31.2 Å². The number of carbonyl (C=O) groups excluding carboxylic acids is 3. The van der Waals surface area contributed by atoms with Gasteiger partial charge in [0.05, 0.1) is 24.3 Å². The van der Waals surface area contributed by atoms with Gasteiger partial charge in [-0.15, -0.1) is 0 Å². The van der Waals surface area contributed by atoms with Gasteiger partial charge in [0.15, 0.2) is 0 Å². The number of benzene rings is 2. The van der Waals surface area contributed by atoms with E-state index in [-0.39, 0.29) is 30.8 Å². The molecule has 2 rings (SSSR count). The first kappa shape index (κ1) is 22.1. The fraction of sp³-hybridized carbons (Fsp3) is 0.318. The van der Waals surface area contributed by atoms with Gasteiger partial charge in [-0.25, -0.2) is 0 Å². The van der Waals surface area contributed by atoms with Crippen LogP contribution in [0.3, 0.4) is 0 Å². The molecule has 0 aromatic heterocycles. The van der Waals surface area contributed by atoms with E-state index in [1.807, 2.05) is 37.3 Å². The van der Waals surface area contributed by atoms with Crippen molar-refractivity contribution in [2.75, 3.05) is 32.0 Å². The van der Waals surface area contributed by atoms with E-state index in [0.717, 1.165) is 12.0 Å². The SMILES string of the molecule is CCCNC(=O)CN(C)CC(=O)Nc1ccccc1C(=O)NCc1ccccc1. The Morgan fingerprint density at radius 2 is 1.52 bits per heavy atom. The van der Waals surface area contributed by atoms with Crippen molar-refractivity contribution in [1.29, 1.82) is 0 Å². The molecule has 0 bridgehead atoms. The first-order chi connectivity index (χ1) is 14.0. The molecule has 0 radical (unpaired) electrons. The van der Waals surface area contributed by atoms with Crippen LogP contribution in [0.1, 0.15) is 29.3 Å². The summed E-state index contributed by atoms with van der Waals surface area (Å²) < 4.78 is 0. The van der Waals surface area contributed by atoms with Crippen LogP contribution >= 0.6 is 0 Å². The van der Waals surface area contributed by atoms with E-state index >= 15 is 0 Å². The van der Waals surface area contributed by atoms with Crippen LogP contribution in [0.4, 0.5) is 5.69 Å². The fourth-order valence-corrected chi connectivity index (χ4v) is 2.72. The van der Waals surface area contributed by atoms with Gasteiger partial charge in [0.1, 0.15) is 0 Å². The molecule has 0 saturated carbocycles. The van der Waals surface area contributed by atoms with Crippen molar-refractivity contribution in [3.63, 3.8) is 0 Å². The summed E-state index contributed by atoms with van der Waals surface area (Å²) in [6.07, 6.45) is 0.860. The largest absolute Gasteiger partial charge is 0.355 e. The van der Waals surface area contributed by atoms with Gasteiger partial charge in [0.2, 0.25) is 11.8 Å². The third-order valence-corrected chi connectivity index (χ3v) is 4.14. The number of anilines is 1. The first-order valence-electron chi connectivity index (χ1n) is 9.65. The van der Waals surface area contributed by atoms with Crippen molar-refractivity contribution in [3.8, 4) is 0 Å². The summed E-state index contributed by atoms with van der Waals surface area (Å²) in [5, 5.41) is 8.40. The van der Waals surface area contributed by atoms with Crippen LogP contribution in [-0.4, -0.2) is 49.3 Å². The molecule has 2 aromatic carbocycles. The molecule has 7 heteroatoms. The molecule has 0 atom stereocenters. The van der Waals surface area contributed by atoms with Crippen LogP contribution < -0.4 is 16.0 Å². The number of likely N-dealkylation sites (N-methyl/N-ethyl adjacent to an activating group) is 1. The molecule has 2 aromatic rings. The quantitative estimate of drug-likeness (QED) is 0.573. The average Bonchev–Trinajstić information content (AvgIpc) is 2.71. The zero-order chi connectivity index (χ0) is 21.1. The van der Waals surface area contributed by atoms with E-state index in [0.29, 0.717) is 24.3 Å². The highest BCUT2D eigenvalue weighted by Crippen LogP contribution is 2.15. The lowest BCUT2D eigenvalue weighted by Crippen LogP contribution is -2.39. The molecule has 0 aliphatic heterocycles. The minimum Gasteiger partial charge on any atom is -0.355 e. The fourth-order valence-electron chi connectivity index (χ4n) is 2.72. The second-order valence-corrected chi connectivity index (χ2v) is 6.78. The maximum atomic E-state index is 12.6. The van der Waals surface area contributed by atoms with Crippen molar-refractivity contribution in [1.82, 2.24) is 15.5 Å². The summed E-state index contributed by atoms with van der Waals surface area (Å²) in [5.74, 6) is -0.681. The van der Waals surface area contributed by atoms with Crippen LogP contribution in [0.25, 0.3) is 0 Å². The van der Waals surface area contributed by atoms with E-state index in [1.165, 1.54) is 0 Å². The molecule has 3 N–H and O–H groups in total. The van der Waals surface area contributed by atoms with Gasteiger partial charge in [-0.3, -0.25) is 19.3 Å². The lowest BCUT2D eigenvalue weighted by Gasteiger charge is -2.17. The van der Waals surface area contributed by atoms with Gasteiger partial charge >= 0.3 is 0 Å². The molecular formula is C22H28N4O3. The Hall–Kier alpha value is -3.19. The number of carbonyl (C=O) groups is 3. The molecule has 154 valence electrons. The summed E-state index contributed by atoms with van der Waals surface area (Å²) in [6.45, 7) is 3.17. The molecule has 0 aliphatic rings. The van der Waals surface area contributed by atoms with Gasteiger partial charge in [-0.1, -0.05) is 49.4 Å². The third kappa shape index (κ3) is 7.75. The van der Waals surface area contributed by atoms with Crippen LogP contribution in [-0.2, 0) is 16.1 Å². The van der Waals surface area contributed by atoms with Gasteiger partial charge in [0, 0.05) is 13.1 Å². The Bertz CT molecular complexity index is 824. The number of amides is 3. The number of nitrogens with one attached hydrogen (secondary N) is 3. The normalized spacial score (nSPS) is 10.4. The minimum absolute atomic E-state index is 0.0412. The van der Waals surface area contributed by atoms with Gasteiger partial charge < -0.3 is 16.0 Å². The molecule has 29 heavy (non-hydrogen) atoms. The lowest BCUT2D eigenvalue weighted by molar-refractivity contribution is -0.122. The first-order valence-corrected chi connectivity index (χ1v) is 9.65. The molecule has 0 spiro atoms. The van der Waals surface area contributed by atoms with Crippen molar-refractivity contribution in [3.05, 3.63) is 65.7 Å². The standard InChI is InChI=1S/C22H28N4O3/c1-3-13-23-20(27)15-26(2)16-21(28)25-19-12-8-7-11-18(19)22(29)24-14-17-9-5-4-6-10-17/h4-12H,3,13-16H2,1-2H3,(H,23,27)(H,24,29)(H,25,28). The van der Waals surface area contributed by atoms with Crippen molar-refractivity contribution in [2.45, 2.75) is 19.9 Å². The predicted molar refractivity (Wildman–Crippen MR) is 113 cm³/mol. The molecule has 3 amide bonds. The molecule has 0 aliphatic carbocycles. The van der Waals surface area contributed by atoms with Gasteiger partial charge in [0.25, 0.3) is 5.91 Å². The van der Waals surface area contributed by atoms with E-state index in [9.17, 15) is 14.4 Å². The Labute approximate surface area is 171 Å². The third-order valence-electron chi connectivity index (χ3n) is 4.14. The molecular weight excluding hydrogens is 368 g/mol. The smallest absolute Gasteiger partial charge is 0.253 e. The number of hydrogen-bond acceptors (Lipinski definition) is 4. The zero-order valence-corrected chi connectivity index (χ0v) is 16.9. The summed E-state index contributed by atoms with van der Waals surface area (Å²) in [7, 11) is 1.70. The molecule has 0 saturated heterocycles. The number of rotatable bonds is 10. The number of para-hydroxylation sites is 1. The Balaban J connectivity index is 1.91. The number of hydrogen-bond donors (Lipinski definition) is 3. The molecule has 7 nitrogen and oxygen atoms in total. The Morgan fingerprint density at radius 3 is 2.24 bits per heavy atom. The lowest BCUT2D eigenvalue weighted by atomic mass is 10.1. The highest BCUT2D eigenvalue weighted by Gasteiger charge is 2.15. The predicted octanol–water partition coefficient (Wildman–Crippen LogP) is 2.01. The Morgan fingerprint density at radius 1 is 0.862 bits per heavy atom. The summed E-state index contributed by atoms with van der Waals surface area (Å²) >= 11 is 0. The topological polar surface area (TPSA) is 90.5 Å². The van der Waals surface area contributed by atoms with E-state index in [1.54, 1.807) is 36.2 Å². The highest BCUT2D eigenvalue weighted by molar-refractivity contribution is 6.04. The summed E-state index contributed by atoms with van der Waals surface area (Å²) in [5.41, 5.74) is 1.82.